The first-order valence-corrected chi connectivity index (χ1v) is 8.85. The number of benzene rings is 2. The summed E-state index contributed by atoms with van der Waals surface area (Å²) in [5, 5.41) is 16.7. The first kappa shape index (κ1) is 17.2. The molecule has 0 bridgehead atoms. The molecular formula is C19H15ClN4S. The Labute approximate surface area is 155 Å². The highest BCUT2D eigenvalue weighted by atomic mass is 35.5. The Bertz CT molecular complexity index is 985. The predicted molar refractivity (Wildman–Crippen MR) is 104 cm³/mol. The van der Waals surface area contributed by atoms with Gasteiger partial charge in [-0.15, -0.1) is 11.3 Å². The molecular weight excluding hydrogens is 352 g/mol. The van der Waals surface area contributed by atoms with E-state index < -0.39 is 0 Å². The first-order valence-electron chi connectivity index (χ1n) is 7.59. The van der Waals surface area contributed by atoms with Crippen molar-refractivity contribution in [2.45, 2.75) is 13.8 Å². The molecule has 0 aliphatic rings. The van der Waals surface area contributed by atoms with Gasteiger partial charge in [-0.1, -0.05) is 41.4 Å². The maximum absolute atomic E-state index is 9.40. The summed E-state index contributed by atoms with van der Waals surface area (Å²) in [5.74, 6) is 0. The molecule has 4 nitrogen and oxygen atoms in total. The minimum Gasteiger partial charge on any atom is -0.277 e. The average Bonchev–Trinajstić information content (AvgIpc) is 3.05. The van der Waals surface area contributed by atoms with Crippen LogP contribution in [0.25, 0.3) is 11.3 Å². The molecule has 0 fully saturated rings. The summed E-state index contributed by atoms with van der Waals surface area (Å²) in [6.07, 6.45) is 0. The molecule has 25 heavy (non-hydrogen) atoms. The summed E-state index contributed by atoms with van der Waals surface area (Å²) in [6, 6.07) is 15.5. The van der Waals surface area contributed by atoms with Gasteiger partial charge in [-0.3, -0.25) is 5.43 Å². The van der Waals surface area contributed by atoms with Crippen molar-refractivity contribution in [3.63, 3.8) is 0 Å². The number of nitrogens with one attached hydrogen (secondary N) is 1. The van der Waals surface area contributed by atoms with Crippen molar-refractivity contribution in [1.82, 2.24) is 4.98 Å². The zero-order valence-electron chi connectivity index (χ0n) is 13.7. The summed E-state index contributed by atoms with van der Waals surface area (Å²) in [6.45, 7) is 4.12. The summed E-state index contributed by atoms with van der Waals surface area (Å²) >= 11 is 7.34. The van der Waals surface area contributed by atoms with Crippen LogP contribution >= 0.6 is 22.9 Å². The van der Waals surface area contributed by atoms with Crippen LogP contribution in [0.4, 0.5) is 5.69 Å². The largest absolute Gasteiger partial charge is 0.277 e. The van der Waals surface area contributed by atoms with Crippen LogP contribution in [0.1, 0.15) is 16.1 Å². The molecule has 0 aliphatic carbocycles. The Balaban J connectivity index is 1.86. The third-order valence-corrected chi connectivity index (χ3v) is 4.68. The highest BCUT2D eigenvalue weighted by Gasteiger charge is 2.12. The lowest BCUT2D eigenvalue weighted by Gasteiger charge is -2.03. The van der Waals surface area contributed by atoms with Crippen molar-refractivity contribution < 1.29 is 0 Å². The van der Waals surface area contributed by atoms with Gasteiger partial charge < -0.3 is 0 Å². The minimum atomic E-state index is 0.237. The first-order chi connectivity index (χ1) is 12.1. The molecule has 0 amide bonds. The lowest BCUT2D eigenvalue weighted by Crippen LogP contribution is -2.01. The highest BCUT2D eigenvalue weighted by Crippen LogP contribution is 2.26. The smallest absolute Gasteiger partial charge is 0.196 e. The molecule has 1 heterocycles. The van der Waals surface area contributed by atoms with Crippen LogP contribution in [-0.4, -0.2) is 10.7 Å². The van der Waals surface area contributed by atoms with E-state index in [0.29, 0.717) is 15.7 Å². The van der Waals surface area contributed by atoms with Gasteiger partial charge in [0, 0.05) is 16.0 Å². The second-order valence-electron chi connectivity index (χ2n) is 5.55. The molecule has 124 valence electrons. The molecule has 2 aromatic carbocycles. The Kier molecular flexibility index (Phi) is 5.13. The van der Waals surface area contributed by atoms with E-state index in [2.05, 4.69) is 53.6 Å². The van der Waals surface area contributed by atoms with E-state index in [4.69, 9.17) is 11.6 Å². The molecule has 0 saturated carbocycles. The summed E-state index contributed by atoms with van der Waals surface area (Å²) in [7, 11) is 0. The molecule has 0 aliphatic heterocycles. The monoisotopic (exact) mass is 366 g/mol. The SMILES string of the molecule is Cc1ccc(-c2csc(/C(C#N)=N\Nc3cccc(Cl)c3)n2)c(C)c1. The number of hydrazone groups is 1. The number of halogens is 1. The van der Waals surface area contributed by atoms with E-state index in [1.54, 1.807) is 12.1 Å². The van der Waals surface area contributed by atoms with Crippen LogP contribution in [0.3, 0.4) is 0 Å². The van der Waals surface area contributed by atoms with Crippen molar-refractivity contribution in [1.29, 1.82) is 5.26 Å². The van der Waals surface area contributed by atoms with E-state index >= 15 is 0 Å². The number of rotatable bonds is 4. The van der Waals surface area contributed by atoms with Crippen molar-refractivity contribution in [2.75, 3.05) is 5.43 Å². The van der Waals surface area contributed by atoms with Gasteiger partial charge in [0.2, 0.25) is 0 Å². The van der Waals surface area contributed by atoms with Crippen LogP contribution < -0.4 is 5.43 Å². The third-order valence-electron chi connectivity index (χ3n) is 3.59. The zero-order valence-corrected chi connectivity index (χ0v) is 15.3. The molecule has 3 aromatic rings. The van der Waals surface area contributed by atoms with Crippen LogP contribution in [-0.2, 0) is 0 Å². The van der Waals surface area contributed by atoms with E-state index in [1.807, 2.05) is 17.5 Å². The Hall–Kier alpha value is -2.68. The Morgan fingerprint density at radius 2 is 2.08 bits per heavy atom. The number of anilines is 1. The molecule has 1 aromatic heterocycles. The standard InChI is InChI=1S/C19H15ClN4S/c1-12-6-7-16(13(2)8-12)18-11-25-19(22-18)17(10-21)24-23-15-5-3-4-14(20)9-15/h3-9,11,23H,1-2H3/b24-17-. The van der Waals surface area contributed by atoms with Crippen molar-refractivity contribution >= 4 is 34.3 Å². The number of hydrogen-bond acceptors (Lipinski definition) is 5. The van der Waals surface area contributed by atoms with Gasteiger partial charge >= 0.3 is 0 Å². The molecule has 0 radical (unpaired) electrons. The summed E-state index contributed by atoms with van der Waals surface area (Å²) < 4.78 is 0. The normalized spacial score (nSPS) is 11.2. The molecule has 0 spiro atoms. The number of thiazole rings is 1. The molecule has 0 saturated heterocycles. The lowest BCUT2D eigenvalue weighted by molar-refractivity contribution is 1.30. The van der Waals surface area contributed by atoms with Gasteiger partial charge in [0.15, 0.2) is 10.7 Å². The van der Waals surface area contributed by atoms with E-state index in [-0.39, 0.29) is 5.71 Å². The van der Waals surface area contributed by atoms with Crippen molar-refractivity contribution in [2.24, 2.45) is 5.10 Å². The van der Waals surface area contributed by atoms with E-state index in [0.717, 1.165) is 16.8 Å². The number of aryl methyl sites for hydroxylation is 2. The molecule has 0 atom stereocenters. The fraction of sp³-hybridized carbons (Fsp3) is 0.105. The van der Waals surface area contributed by atoms with Crippen molar-refractivity contribution in [3.05, 3.63) is 69.0 Å². The van der Waals surface area contributed by atoms with Gasteiger partial charge in [-0.25, -0.2) is 4.98 Å². The second kappa shape index (κ2) is 7.47. The van der Waals surface area contributed by atoms with E-state index in [1.165, 1.54) is 16.9 Å². The fourth-order valence-electron chi connectivity index (χ4n) is 2.41. The number of nitriles is 1. The van der Waals surface area contributed by atoms with E-state index in [9.17, 15) is 5.26 Å². The average molecular weight is 367 g/mol. The maximum atomic E-state index is 9.40. The second-order valence-corrected chi connectivity index (χ2v) is 6.85. The molecule has 6 heteroatoms. The minimum absolute atomic E-state index is 0.237. The number of hydrogen-bond donors (Lipinski definition) is 1. The van der Waals surface area contributed by atoms with Crippen LogP contribution in [0.15, 0.2) is 52.9 Å². The predicted octanol–water partition coefficient (Wildman–Crippen LogP) is 5.42. The fourth-order valence-corrected chi connectivity index (χ4v) is 3.35. The molecule has 1 N–H and O–H groups in total. The van der Waals surface area contributed by atoms with Gasteiger partial charge in [-0.2, -0.15) is 10.4 Å². The topological polar surface area (TPSA) is 61.1 Å². The Morgan fingerprint density at radius 1 is 1.24 bits per heavy atom. The van der Waals surface area contributed by atoms with Crippen LogP contribution in [0, 0.1) is 25.2 Å². The number of aromatic nitrogens is 1. The van der Waals surface area contributed by atoms with Crippen LogP contribution in [0.5, 0.6) is 0 Å². The summed E-state index contributed by atoms with van der Waals surface area (Å²) in [5.41, 5.74) is 8.08. The summed E-state index contributed by atoms with van der Waals surface area (Å²) in [4.78, 5) is 4.57. The van der Waals surface area contributed by atoms with Gasteiger partial charge in [0.05, 0.1) is 11.4 Å². The lowest BCUT2D eigenvalue weighted by atomic mass is 10.0. The molecule has 3 rings (SSSR count). The van der Waals surface area contributed by atoms with Crippen molar-refractivity contribution in [3.8, 4) is 17.3 Å². The number of nitrogens with zero attached hydrogens (tertiary/aromatic N) is 3. The third kappa shape index (κ3) is 4.05. The van der Waals surface area contributed by atoms with Crippen LogP contribution in [0.2, 0.25) is 5.02 Å². The van der Waals surface area contributed by atoms with Gasteiger partial charge in [0.25, 0.3) is 0 Å². The quantitative estimate of drug-likeness (QED) is 0.495. The maximum Gasteiger partial charge on any atom is 0.196 e. The molecule has 0 unspecified atom stereocenters. The Morgan fingerprint density at radius 3 is 2.80 bits per heavy atom. The highest BCUT2D eigenvalue weighted by molar-refractivity contribution is 7.12. The van der Waals surface area contributed by atoms with Gasteiger partial charge in [0.1, 0.15) is 6.07 Å². The zero-order chi connectivity index (χ0) is 17.8. The van der Waals surface area contributed by atoms with Gasteiger partial charge in [-0.05, 0) is 37.6 Å².